The Kier molecular flexibility index (Phi) is 3.74. The van der Waals surface area contributed by atoms with Gasteiger partial charge in [0.1, 0.15) is 12.4 Å². The van der Waals surface area contributed by atoms with Crippen molar-refractivity contribution in [3.8, 4) is 5.75 Å². The van der Waals surface area contributed by atoms with Gasteiger partial charge in [0.25, 0.3) is 0 Å². The van der Waals surface area contributed by atoms with E-state index in [0.717, 1.165) is 35.3 Å². The number of carbonyl (C=O) groups is 1. The van der Waals surface area contributed by atoms with E-state index in [1.54, 1.807) is 0 Å². The van der Waals surface area contributed by atoms with E-state index in [0.29, 0.717) is 18.3 Å². The maximum Gasteiger partial charge on any atom is 0.165 e. The summed E-state index contributed by atoms with van der Waals surface area (Å²) in [7, 11) is 0. The molecule has 0 N–H and O–H groups in total. The lowest BCUT2D eigenvalue weighted by atomic mass is 9.70. The fourth-order valence-electron chi connectivity index (χ4n) is 4.14. The van der Waals surface area contributed by atoms with Gasteiger partial charge in [-0.25, -0.2) is 0 Å². The van der Waals surface area contributed by atoms with Crippen molar-refractivity contribution in [3.05, 3.63) is 47.6 Å². The van der Waals surface area contributed by atoms with Crippen LogP contribution in [0.25, 0.3) is 6.08 Å². The zero-order valence-corrected chi connectivity index (χ0v) is 14.6. The summed E-state index contributed by atoms with van der Waals surface area (Å²) in [5, 5.41) is 0. The maximum atomic E-state index is 12.9. The normalized spacial score (nSPS) is 30.0. The lowest BCUT2D eigenvalue weighted by molar-refractivity contribution is -0.125. The van der Waals surface area contributed by atoms with Crippen molar-refractivity contribution in [3.63, 3.8) is 0 Å². The second kappa shape index (κ2) is 5.36. The second-order valence-corrected chi connectivity index (χ2v) is 7.89. The number of rotatable bonds is 4. The topological polar surface area (TPSA) is 26.3 Å². The third-order valence-electron chi connectivity index (χ3n) is 6.05. The van der Waals surface area contributed by atoms with E-state index in [1.807, 2.05) is 31.2 Å². The summed E-state index contributed by atoms with van der Waals surface area (Å²) in [6, 6.07) is 7.96. The Morgan fingerprint density at radius 2 is 1.96 bits per heavy atom. The van der Waals surface area contributed by atoms with Gasteiger partial charge >= 0.3 is 0 Å². The third kappa shape index (κ3) is 2.45. The van der Waals surface area contributed by atoms with Crippen LogP contribution in [0.5, 0.6) is 5.75 Å². The van der Waals surface area contributed by atoms with Crippen LogP contribution in [0.15, 0.2) is 42.0 Å². The van der Waals surface area contributed by atoms with Crippen molar-refractivity contribution < 1.29 is 9.53 Å². The number of ether oxygens (including phenoxy) is 1. The average molecular weight is 310 g/mol. The molecule has 0 spiro atoms. The first-order chi connectivity index (χ1) is 10.8. The van der Waals surface area contributed by atoms with Gasteiger partial charge in [0.05, 0.1) is 0 Å². The van der Waals surface area contributed by atoms with Gasteiger partial charge in [0, 0.05) is 5.41 Å². The number of ketones is 1. The molecule has 2 bridgehead atoms. The van der Waals surface area contributed by atoms with Crippen LogP contribution in [0.1, 0.15) is 46.1 Å². The predicted octanol–water partition coefficient (Wildman–Crippen LogP) is 5.05. The van der Waals surface area contributed by atoms with Crippen LogP contribution in [-0.2, 0) is 4.79 Å². The van der Waals surface area contributed by atoms with E-state index in [-0.39, 0.29) is 10.8 Å². The van der Waals surface area contributed by atoms with E-state index >= 15 is 0 Å². The van der Waals surface area contributed by atoms with Crippen molar-refractivity contribution in [1.29, 1.82) is 0 Å². The Hall–Kier alpha value is -1.83. The quantitative estimate of drug-likeness (QED) is 0.574. The highest BCUT2D eigenvalue weighted by Crippen LogP contribution is 2.65. The summed E-state index contributed by atoms with van der Waals surface area (Å²) in [4.78, 5) is 12.9. The van der Waals surface area contributed by atoms with Crippen molar-refractivity contribution in [1.82, 2.24) is 0 Å². The Bertz CT molecular complexity index is 678. The van der Waals surface area contributed by atoms with Gasteiger partial charge in [-0.1, -0.05) is 39.5 Å². The minimum atomic E-state index is -0.186. The van der Waals surface area contributed by atoms with Gasteiger partial charge in [0.15, 0.2) is 5.78 Å². The van der Waals surface area contributed by atoms with Crippen LogP contribution in [0.4, 0.5) is 0 Å². The van der Waals surface area contributed by atoms with Gasteiger partial charge in [-0.15, -0.1) is 0 Å². The highest BCUT2D eigenvalue weighted by molar-refractivity contribution is 6.07. The molecule has 122 valence electrons. The molecule has 0 aromatic heterocycles. The van der Waals surface area contributed by atoms with Crippen molar-refractivity contribution >= 4 is 11.9 Å². The maximum absolute atomic E-state index is 12.9. The molecule has 3 rings (SSSR count). The molecule has 0 saturated heterocycles. The van der Waals surface area contributed by atoms with Crippen LogP contribution in [0.3, 0.4) is 0 Å². The highest BCUT2D eigenvalue weighted by Gasteiger charge is 2.63. The second-order valence-electron chi connectivity index (χ2n) is 7.89. The lowest BCUT2D eigenvalue weighted by Crippen LogP contribution is -2.32. The van der Waals surface area contributed by atoms with Crippen LogP contribution in [-0.4, -0.2) is 12.4 Å². The van der Waals surface area contributed by atoms with E-state index in [9.17, 15) is 4.79 Å². The first kappa shape index (κ1) is 16.0. The van der Waals surface area contributed by atoms with E-state index in [1.165, 1.54) is 0 Å². The molecule has 1 aromatic carbocycles. The number of benzene rings is 1. The molecule has 2 unspecified atom stereocenters. The van der Waals surface area contributed by atoms with Gasteiger partial charge in [-0.05, 0) is 66.0 Å². The fraction of sp³-hybridized carbons (Fsp3) is 0.476. The molecule has 2 heteroatoms. The Labute approximate surface area is 139 Å². The molecule has 2 saturated carbocycles. The van der Waals surface area contributed by atoms with E-state index in [2.05, 4.69) is 33.4 Å². The largest absolute Gasteiger partial charge is 0.489 e. The van der Waals surface area contributed by atoms with E-state index in [4.69, 9.17) is 4.74 Å². The Morgan fingerprint density at radius 3 is 2.48 bits per heavy atom. The number of carbonyl (C=O) groups excluding carboxylic acids is 1. The molecule has 2 fully saturated rings. The average Bonchev–Trinajstić information content (AvgIpc) is 2.80. The SMILES string of the molecule is C=C(C)COc1ccc(/C=C2\C(=O)C3(C)CCC2C3(C)C)cc1. The molecule has 0 aliphatic heterocycles. The molecule has 2 nitrogen and oxygen atoms in total. The molecule has 0 amide bonds. The third-order valence-corrected chi connectivity index (χ3v) is 6.05. The molecule has 0 heterocycles. The number of allylic oxidation sites excluding steroid dienone is 1. The molecule has 2 aliphatic carbocycles. The van der Waals surface area contributed by atoms with Crippen molar-refractivity contribution in [2.75, 3.05) is 6.61 Å². The van der Waals surface area contributed by atoms with Crippen molar-refractivity contribution in [2.45, 2.75) is 40.5 Å². The molecular formula is C21H26O2. The van der Waals surface area contributed by atoms with E-state index < -0.39 is 0 Å². The first-order valence-electron chi connectivity index (χ1n) is 8.39. The summed E-state index contributed by atoms with van der Waals surface area (Å²) in [5.41, 5.74) is 2.97. The minimum Gasteiger partial charge on any atom is -0.489 e. The van der Waals surface area contributed by atoms with Crippen molar-refractivity contribution in [2.24, 2.45) is 16.7 Å². The van der Waals surface area contributed by atoms with Gasteiger partial charge in [0.2, 0.25) is 0 Å². The van der Waals surface area contributed by atoms with Crippen LogP contribution in [0, 0.1) is 16.7 Å². The standard InChI is InChI=1S/C21H26O2/c1-14(2)13-23-16-8-6-15(7-9-16)12-17-18-10-11-21(5,19(17)22)20(18,3)4/h6-9,12,18H,1,10-11,13H2,2-5H3/b17-12-. The summed E-state index contributed by atoms with van der Waals surface area (Å²) >= 11 is 0. The zero-order valence-electron chi connectivity index (χ0n) is 14.6. The van der Waals surface area contributed by atoms with Gasteiger partial charge in [-0.2, -0.15) is 0 Å². The molecular weight excluding hydrogens is 284 g/mol. The Balaban J connectivity index is 1.83. The number of Topliss-reactive ketones (excluding diaryl/α,β-unsaturated/α-hetero) is 1. The van der Waals surface area contributed by atoms with Crippen LogP contribution in [0.2, 0.25) is 0 Å². The lowest BCUT2D eigenvalue weighted by Gasteiger charge is -2.31. The van der Waals surface area contributed by atoms with Gasteiger partial charge < -0.3 is 4.74 Å². The highest BCUT2D eigenvalue weighted by atomic mass is 16.5. The predicted molar refractivity (Wildman–Crippen MR) is 94.3 cm³/mol. The summed E-state index contributed by atoms with van der Waals surface area (Å²) in [5.74, 6) is 1.57. The summed E-state index contributed by atoms with van der Waals surface area (Å²) < 4.78 is 5.62. The molecule has 2 atom stereocenters. The number of fused-ring (bicyclic) bond motifs is 2. The van der Waals surface area contributed by atoms with Gasteiger partial charge in [-0.3, -0.25) is 4.79 Å². The molecule has 2 aliphatic rings. The Morgan fingerprint density at radius 1 is 1.30 bits per heavy atom. The summed E-state index contributed by atoms with van der Waals surface area (Å²) in [6.07, 6.45) is 4.23. The number of hydrogen-bond acceptors (Lipinski definition) is 2. The molecule has 23 heavy (non-hydrogen) atoms. The smallest absolute Gasteiger partial charge is 0.165 e. The minimum absolute atomic E-state index is 0.0699. The van der Waals surface area contributed by atoms with Crippen LogP contribution >= 0.6 is 0 Å². The van der Waals surface area contributed by atoms with Crippen LogP contribution < -0.4 is 4.74 Å². The molecule has 1 aromatic rings. The first-order valence-corrected chi connectivity index (χ1v) is 8.39. The summed E-state index contributed by atoms with van der Waals surface area (Å²) in [6.45, 7) is 13.0. The monoisotopic (exact) mass is 310 g/mol. The number of hydrogen-bond donors (Lipinski definition) is 0. The fourth-order valence-corrected chi connectivity index (χ4v) is 4.14. The molecule has 0 radical (unpaired) electrons. The zero-order chi connectivity index (χ0) is 16.8.